The summed E-state index contributed by atoms with van der Waals surface area (Å²) in [6.45, 7) is 1.99. The molecule has 1 aromatic carbocycles. The number of aliphatic carboxylic acids is 1. The highest BCUT2D eigenvalue weighted by molar-refractivity contribution is 5.67. The molecule has 4 nitrogen and oxygen atoms in total. The third-order valence-electron chi connectivity index (χ3n) is 3.89. The van der Waals surface area contributed by atoms with Crippen molar-refractivity contribution < 1.29 is 19.4 Å². The van der Waals surface area contributed by atoms with Crippen molar-refractivity contribution in [3.8, 4) is 11.5 Å². The van der Waals surface area contributed by atoms with E-state index in [1.807, 2.05) is 19.1 Å². The van der Waals surface area contributed by atoms with Gasteiger partial charge in [0.05, 0.1) is 14.2 Å². The van der Waals surface area contributed by atoms with E-state index in [1.54, 1.807) is 14.2 Å². The Hall–Kier alpha value is -1.71. The molecule has 0 aromatic heterocycles. The maximum Gasteiger partial charge on any atom is 0.303 e. The predicted molar refractivity (Wildman–Crippen MR) is 72.0 cm³/mol. The van der Waals surface area contributed by atoms with E-state index in [1.165, 1.54) is 0 Å². The Morgan fingerprint density at radius 3 is 2.42 bits per heavy atom. The zero-order valence-corrected chi connectivity index (χ0v) is 11.6. The van der Waals surface area contributed by atoms with Crippen molar-refractivity contribution in [2.75, 3.05) is 14.2 Å². The fraction of sp³-hybridized carbons (Fsp3) is 0.533. The van der Waals surface area contributed by atoms with Gasteiger partial charge in [0.15, 0.2) is 0 Å². The third kappa shape index (κ3) is 2.83. The standard InChI is InChI=1S/C15H20O4/c1-9-4-14(19-3)12(8-13(9)18-2)11-5-10(6-11)7-15(16)17/h4,8,10-11H,5-7H2,1-3H3,(H,16,17). The molecule has 1 aliphatic rings. The molecule has 2 rings (SSSR count). The van der Waals surface area contributed by atoms with Gasteiger partial charge in [-0.2, -0.15) is 0 Å². The van der Waals surface area contributed by atoms with Gasteiger partial charge in [0.1, 0.15) is 11.5 Å². The highest BCUT2D eigenvalue weighted by atomic mass is 16.5. The van der Waals surface area contributed by atoms with Gasteiger partial charge in [0, 0.05) is 12.0 Å². The number of hydrogen-bond acceptors (Lipinski definition) is 3. The van der Waals surface area contributed by atoms with Crippen LogP contribution >= 0.6 is 0 Å². The molecule has 0 radical (unpaired) electrons. The first-order chi connectivity index (χ1) is 9.05. The van der Waals surface area contributed by atoms with E-state index in [4.69, 9.17) is 14.6 Å². The van der Waals surface area contributed by atoms with Crippen molar-refractivity contribution in [3.05, 3.63) is 23.3 Å². The monoisotopic (exact) mass is 264 g/mol. The number of benzene rings is 1. The van der Waals surface area contributed by atoms with Crippen molar-refractivity contribution in [3.63, 3.8) is 0 Å². The summed E-state index contributed by atoms with van der Waals surface area (Å²) < 4.78 is 10.8. The van der Waals surface area contributed by atoms with Crippen molar-refractivity contribution in [1.82, 2.24) is 0 Å². The maximum atomic E-state index is 10.7. The molecule has 19 heavy (non-hydrogen) atoms. The Morgan fingerprint density at radius 2 is 1.89 bits per heavy atom. The van der Waals surface area contributed by atoms with Gasteiger partial charge in [-0.25, -0.2) is 0 Å². The highest BCUT2D eigenvalue weighted by Crippen LogP contribution is 2.47. The molecule has 1 aromatic rings. The lowest BCUT2D eigenvalue weighted by Crippen LogP contribution is -2.24. The second-order valence-corrected chi connectivity index (χ2v) is 5.20. The SMILES string of the molecule is COc1cc(C2CC(CC(=O)O)C2)c(OC)cc1C. The van der Waals surface area contributed by atoms with E-state index in [0.717, 1.165) is 35.5 Å². The third-order valence-corrected chi connectivity index (χ3v) is 3.89. The van der Waals surface area contributed by atoms with Crippen LogP contribution in [0.1, 0.15) is 36.3 Å². The van der Waals surface area contributed by atoms with Crippen molar-refractivity contribution in [1.29, 1.82) is 0 Å². The lowest BCUT2D eigenvalue weighted by atomic mass is 9.70. The summed E-state index contributed by atoms with van der Waals surface area (Å²) in [5, 5.41) is 8.78. The molecule has 0 aliphatic heterocycles. The van der Waals surface area contributed by atoms with Crippen LogP contribution in [0.2, 0.25) is 0 Å². The highest BCUT2D eigenvalue weighted by Gasteiger charge is 2.33. The van der Waals surface area contributed by atoms with Gasteiger partial charge in [-0.15, -0.1) is 0 Å². The minimum absolute atomic E-state index is 0.266. The smallest absolute Gasteiger partial charge is 0.303 e. The van der Waals surface area contributed by atoms with E-state index >= 15 is 0 Å². The number of aryl methyl sites for hydroxylation is 1. The van der Waals surface area contributed by atoms with E-state index in [0.29, 0.717) is 11.8 Å². The van der Waals surface area contributed by atoms with E-state index < -0.39 is 5.97 Å². The van der Waals surface area contributed by atoms with Gasteiger partial charge < -0.3 is 14.6 Å². The van der Waals surface area contributed by atoms with Gasteiger partial charge >= 0.3 is 5.97 Å². The van der Waals surface area contributed by atoms with Crippen molar-refractivity contribution in [2.45, 2.75) is 32.1 Å². The quantitative estimate of drug-likeness (QED) is 0.888. The molecule has 1 aliphatic carbocycles. The predicted octanol–water partition coefficient (Wildman–Crippen LogP) is 2.98. The van der Waals surface area contributed by atoms with Crippen LogP contribution in [-0.2, 0) is 4.79 Å². The summed E-state index contributed by atoms with van der Waals surface area (Å²) in [4.78, 5) is 10.7. The lowest BCUT2D eigenvalue weighted by molar-refractivity contribution is -0.138. The maximum absolute atomic E-state index is 10.7. The van der Waals surface area contributed by atoms with Gasteiger partial charge in [0.25, 0.3) is 0 Å². The summed E-state index contributed by atoms with van der Waals surface area (Å²) >= 11 is 0. The molecule has 1 fully saturated rings. The van der Waals surface area contributed by atoms with E-state index in [-0.39, 0.29) is 6.42 Å². The van der Waals surface area contributed by atoms with Crippen molar-refractivity contribution in [2.24, 2.45) is 5.92 Å². The number of carboxylic acid groups (broad SMARTS) is 1. The summed E-state index contributed by atoms with van der Waals surface area (Å²) in [6, 6.07) is 4.01. The zero-order valence-electron chi connectivity index (χ0n) is 11.6. The second-order valence-electron chi connectivity index (χ2n) is 5.20. The topological polar surface area (TPSA) is 55.8 Å². The molecule has 1 N–H and O–H groups in total. The fourth-order valence-corrected chi connectivity index (χ4v) is 2.80. The minimum Gasteiger partial charge on any atom is -0.496 e. The minimum atomic E-state index is -0.711. The number of carboxylic acids is 1. The molecule has 1 saturated carbocycles. The van der Waals surface area contributed by atoms with Gasteiger partial charge in [-0.1, -0.05) is 0 Å². The van der Waals surface area contributed by atoms with Gasteiger partial charge in [-0.05, 0) is 49.3 Å². The first-order valence-electron chi connectivity index (χ1n) is 6.49. The van der Waals surface area contributed by atoms with Crippen LogP contribution in [0.3, 0.4) is 0 Å². The average molecular weight is 264 g/mol. The average Bonchev–Trinajstić information content (AvgIpc) is 2.33. The Balaban J connectivity index is 2.14. The zero-order chi connectivity index (χ0) is 14.0. The van der Waals surface area contributed by atoms with Crippen LogP contribution in [0.5, 0.6) is 11.5 Å². The van der Waals surface area contributed by atoms with Crippen LogP contribution in [0, 0.1) is 12.8 Å². The molecule has 0 atom stereocenters. The van der Waals surface area contributed by atoms with Crippen LogP contribution < -0.4 is 9.47 Å². The van der Waals surface area contributed by atoms with Crippen LogP contribution in [0.15, 0.2) is 12.1 Å². The first-order valence-corrected chi connectivity index (χ1v) is 6.49. The molecule has 0 saturated heterocycles. The van der Waals surface area contributed by atoms with E-state index in [9.17, 15) is 4.79 Å². The first kappa shape index (κ1) is 13.7. The summed E-state index contributed by atoms with van der Waals surface area (Å²) in [5.74, 6) is 1.69. The Morgan fingerprint density at radius 1 is 1.26 bits per heavy atom. The molecular formula is C15H20O4. The van der Waals surface area contributed by atoms with Crippen LogP contribution in [0.4, 0.5) is 0 Å². The van der Waals surface area contributed by atoms with Crippen LogP contribution in [-0.4, -0.2) is 25.3 Å². The van der Waals surface area contributed by atoms with Crippen LogP contribution in [0.25, 0.3) is 0 Å². The Bertz CT molecular complexity index is 475. The van der Waals surface area contributed by atoms with E-state index in [2.05, 4.69) is 0 Å². The molecule has 104 valence electrons. The molecule has 0 unspecified atom stereocenters. The largest absolute Gasteiger partial charge is 0.496 e. The van der Waals surface area contributed by atoms with Gasteiger partial charge in [-0.3, -0.25) is 4.79 Å². The Labute approximate surface area is 113 Å². The lowest BCUT2D eigenvalue weighted by Gasteiger charge is -2.35. The second kappa shape index (κ2) is 5.51. The fourth-order valence-electron chi connectivity index (χ4n) is 2.80. The summed E-state index contributed by atoms with van der Waals surface area (Å²) in [5.41, 5.74) is 2.18. The molecule has 0 bridgehead atoms. The summed E-state index contributed by atoms with van der Waals surface area (Å²) in [6.07, 6.45) is 2.09. The number of rotatable bonds is 5. The number of ether oxygens (including phenoxy) is 2. The Kier molecular flexibility index (Phi) is 3.98. The number of methoxy groups -OCH3 is 2. The van der Waals surface area contributed by atoms with Crippen molar-refractivity contribution >= 4 is 5.97 Å². The summed E-state index contributed by atoms with van der Waals surface area (Å²) in [7, 11) is 3.32. The number of carbonyl (C=O) groups is 1. The molecular weight excluding hydrogens is 244 g/mol. The normalized spacial score (nSPS) is 21.6. The van der Waals surface area contributed by atoms with Gasteiger partial charge in [0.2, 0.25) is 0 Å². The molecule has 0 amide bonds. The molecule has 4 heteroatoms. The molecule has 0 spiro atoms. The molecule has 0 heterocycles. The number of hydrogen-bond donors (Lipinski definition) is 1.